The van der Waals surface area contributed by atoms with Gasteiger partial charge < -0.3 is 13.9 Å². The number of nitrogens with zero attached hydrogens (tertiary/aromatic N) is 2. The van der Waals surface area contributed by atoms with Crippen molar-refractivity contribution in [2.45, 2.75) is 38.3 Å². The van der Waals surface area contributed by atoms with Gasteiger partial charge in [0.25, 0.3) is 5.22 Å². The largest absolute Gasteiger partial charge is 0.497 e. The van der Waals surface area contributed by atoms with Crippen molar-refractivity contribution in [1.82, 2.24) is 10.2 Å². The van der Waals surface area contributed by atoms with Gasteiger partial charge in [-0.2, -0.15) is 0 Å². The molecular weight excluding hydrogens is 388 g/mol. The van der Waals surface area contributed by atoms with Crippen molar-refractivity contribution < 1.29 is 18.7 Å². The van der Waals surface area contributed by atoms with Gasteiger partial charge in [-0.15, -0.1) is 10.2 Å². The maximum absolute atomic E-state index is 12.2. The summed E-state index contributed by atoms with van der Waals surface area (Å²) in [6.45, 7) is 8.38. The minimum Gasteiger partial charge on any atom is -0.497 e. The fourth-order valence-corrected chi connectivity index (χ4v) is 3.16. The van der Waals surface area contributed by atoms with Gasteiger partial charge in [0.05, 0.1) is 7.11 Å². The lowest BCUT2D eigenvalue weighted by Crippen LogP contribution is -2.14. The third-order valence-corrected chi connectivity index (χ3v) is 5.11. The highest BCUT2D eigenvalue weighted by molar-refractivity contribution is 7.99. The van der Waals surface area contributed by atoms with Crippen LogP contribution in [-0.2, 0) is 10.2 Å². The van der Waals surface area contributed by atoms with Crippen molar-refractivity contribution in [1.29, 1.82) is 0 Å². The van der Waals surface area contributed by atoms with E-state index in [2.05, 4.69) is 37.0 Å². The van der Waals surface area contributed by atoms with Crippen LogP contribution in [0.5, 0.6) is 11.5 Å². The zero-order valence-corrected chi connectivity index (χ0v) is 18.0. The number of ether oxygens (including phenoxy) is 2. The summed E-state index contributed by atoms with van der Waals surface area (Å²) in [5.74, 6) is 1.40. The summed E-state index contributed by atoms with van der Waals surface area (Å²) in [6, 6.07) is 13.2. The summed E-state index contributed by atoms with van der Waals surface area (Å²) in [5.41, 5.74) is 2.95. The fourth-order valence-electron chi connectivity index (χ4n) is 2.62. The average molecular weight is 413 g/mol. The fraction of sp³-hybridized carbons (Fsp3) is 0.318. The van der Waals surface area contributed by atoms with E-state index in [1.165, 1.54) is 5.56 Å². The molecule has 6 nitrogen and oxygen atoms in total. The molecule has 1 aromatic heterocycles. The van der Waals surface area contributed by atoms with Gasteiger partial charge in [-0.1, -0.05) is 44.7 Å². The number of methoxy groups -OCH3 is 1. The van der Waals surface area contributed by atoms with E-state index >= 15 is 0 Å². The molecule has 0 fully saturated rings. The lowest BCUT2D eigenvalue weighted by atomic mass is 9.86. The van der Waals surface area contributed by atoms with E-state index in [9.17, 15) is 4.79 Å². The minimum atomic E-state index is -0.370. The number of hydrogen-bond donors (Lipinski definition) is 0. The minimum absolute atomic E-state index is 0.0443. The van der Waals surface area contributed by atoms with Crippen molar-refractivity contribution in [3.8, 4) is 23.0 Å². The van der Waals surface area contributed by atoms with Crippen molar-refractivity contribution in [2.24, 2.45) is 0 Å². The molecule has 0 atom stereocenters. The Morgan fingerprint density at radius 3 is 2.45 bits per heavy atom. The molecule has 0 aliphatic rings. The third-order valence-electron chi connectivity index (χ3n) is 4.32. The highest BCUT2D eigenvalue weighted by Crippen LogP contribution is 2.28. The predicted octanol–water partition coefficient (Wildman–Crippen LogP) is 5.05. The van der Waals surface area contributed by atoms with Crippen LogP contribution >= 0.6 is 11.8 Å². The number of carbonyl (C=O) groups excluding carboxylic acids is 1. The predicted molar refractivity (Wildman–Crippen MR) is 113 cm³/mol. The van der Waals surface area contributed by atoms with Gasteiger partial charge in [0.2, 0.25) is 5.89 Å². The number of hydrogen-bond acceptors (Lipinski definition) is 7. The highest BCUT2D eigenvalue weighted by atomic mass is 32.2. The van der Waals surface area contributed by atoms with Gasteiger partial charge in [-0.25, -0.2) is 0 Å². The van der Waals surface area contributed by atoms with Gasteiger partial charge in [0, 0.05) is 5.56 Å². The van der Waals surface area contributed by atoms with Crippen LogP contribution in [0, 0.1) is 6.92 Å². The maximum atomic E-state index is 12.2. The number of carbonyl (C=O) groups is 1. The van der Waals surface area contributed by atoms with Crippen LogP contribution in [0.3, 0.4) is 0 Å². The Kier molecular flexibility index (Phi) is 6.27. The Morgan fingerprint density at radius 1 is 1.10 bits per heavy atom. The molecule has 1 heterocycles. The number of esters is 1. The van der Waals surface area contributed by atoms with Gasteiger partial charge >= 0.3 is 5.97 Å². The van der Waals surface area contributed by atoms with Crippen molar-refractivity contribution in [3.05, 3.63) is 53.6 Å². The lowest BCUT2D eigenvalue weighted by molar-refractivity contribution is -0.131. The molecule has 0 saturated heterocycles. The summed E-state index contributed by atoms with van der Waals surface area (Å²) in [7, 11) is 1.61. The summed E-state index contributed by atoms with van der Waals surface area (Å²) < 4.78 is 16.2. The van der Waals surface area contributed by atoms with E-state index < -0.39 is 0 Å². The first-order valence-corrected chi connectivity index (χ1v) is 10.2. The number of aromatic nitrogens is 2. The standard InChI is InChI=1S/C22H24N2O4S/c1-14-12-16(22(2,3)4)8-11-18(14)27-19(25)13-29-21-24-23-20(28-21)15-6-9-17(26-5)10-7-15/h6-12H,13H2,1-5H3. The molecule has 0 aliphatic heterocycles. The molecule has 7 heteroatoms. The Morgan fingerprint density at radius 2 is 1.83 bits per heavy atom. The van der Waals surface area contributed by atoms with Crippen molar-refractivity contribution in [2.75, 3.05) is 12.9 Å². The van der Waals surface area contributed by atoms with Crippen LogP contribution in [0.2, 0.25) is 0 Å². The van der Waals surface area contributed by atoms with Crippen LogP contribution in [0.1, 0.15) is 31.9 Å². The van der Waals surface area contributed by atoms with E-state index in [4.69, 9.17) is 13.9 Å². The van der Waals surface area contributed by atoms with E-state index in [0.29, 0.717) is 16.9 Å². The van der Waals surface area contributed by atoms with Gasteiger partial charge in [0.15, 0.2) is 0 Å². The first-order chi connectivity index (χ1) is 13.8. The van der Waals surface area contributed by atoms with Crippen LogP contribution < -0.4 is 9.47 Å². The van der Waals surface area contributed by atoms with E-state index in [1.54, 1.807) is 7.11 Å². The van der Waals surface area contributed by atoms with Crippen LogP contribution in [-0.4, -0.2) is 29.0 Å². The molecule has 3 rings (SSSR count). The molecule has 29 heavy (non-hydrogen) atoms. The Bertz CT molecular complexity index is 991. The zero-order chi connectivity index (χ0) is 21.0. The molecule has 2 aromatic carbocycles. The molecule has 0 unspecified atom stereocenters. The van der Waals surface area contributed by atoms with E-state index in [1.807, 2.05) is 43.3 Å². The average Bonchev–Trinajstić information content (AvgIpc) is 3.16. The Labute approximate surface area is 174 Å². The van der Waals surface area contributed by atoms with Crippen LogP contribution in [0.25, 0.3) is 11.5 Å². The first-order valence-electron chi connectivity index (χ1n) is 9.19. The number of thioether (sulfide) groups is 1. The van der Waals surface area contributed by atoms with Crippen LogP contribution in [0.4, 0.5) is 0 Å². The van der Waals surface area contributed by atoms with E-state index in [-0.39, 0.29) is 17.1 Å². The number of aryl methyl sites for hydroxylation is 1. The smallest absolute Gasteiger partial charge is 0.321 e. The zero-order valence-electron chi connectivity index (χ0n) is 17.2. The molecular formula is C22H24N2O4S. The first kappa shape index (κ1) is 20.9. The normalized spacial score (nSPS) is 11.3. The summed E-state index contributed by atoms with van der Waals surface area (Å²) in [5, 5.41) is 8.31. The SMILES string of the molecule is COc1ccc(-c2nnc(SCC(=O)Oc3ccc(C(C)(C)C)cc3C)o2)cc1. The van der Waals surface area contributed by atoms with Gasteiger partial charge in [-0.3, -0.25) is 4.79 Å². The third kappa shape index (κ3) is 5.38. The molecule has 0 radical (unpaired) electrons. The van der Waals surface area contributed by atoms with E-state index in [0.717, 1.165) is 28.6 Å². The number of rotatable bonds is 6. The quantitative estimate of drug-likeness (QED) is 0.319. The highest BCUT2D eigenvalue weighted by Gasteiger charge is 2.17. The summed E-state index contributed by atoms with van der Waals surface area (Å²) >= 11 is 1.14. The summed E-state index contributed by atoms with van der Waals surface area (Å²) in [4.78, 5) is 12.2. The van der Waals surface area contributed by atoms with Crippen molar-refractivity contribution >= 4 is 17.7 Å². The molecule has 0 bridgehead atoms. The monoisotopic (exact) mass is 412 g/mol. The van der Waals surface area contributed by atoms with Crippen LogP contribution in [0.15, 0.2) is 52.1 Å². The molecule has 152 valence electrons. The molecule has 0 saturated carbocycles. The second kappa shape index (κ2) is 8.69. The molecule has 0 aliphatic carbocycles. The molecule has 0 spiro atoms. The van der Waals surface area contributed by atoms with Crippen molar-refractivity contribution in [3.63, 3.8) is 0 Å². The summed E-state index contributed by atoms with van der Waals surface area (Å²) in [6.07, 6.45) is 0. The van der Waals surface area contributed by atoms with Gasteiger partial charge in [-0.05, 0) is 53.8 Å². The lowest BCUT2D eigenvalue weighted by Gasteiger charge is -2.20. The van der Waals surface area contributed by atoms with Gasteiger partial charge in [0.1, 0.15) is 17.3 Å². The Balaban J connectivity index is 1.58. The second-order valence-electron chi connectivity index (χ2n) is 7.59. The second-order valence-corrected chi connectivity index (χ2v) is 8.52. The Hall–Kier alpha value is -2.80. The number of benzene rings is 2. The molecule has 0 amide bonds. The molecule has 3 aromatic rings. The molecule has 0 N–H and O–H groups in total. The topological polar surface area (TPSA) is 74.5 Å². The maximum Gasteiger partial charge on any atom is 0.321 e.